The van der Waals surface area contributed by atoms with Gasteiger partial charge in [0.1, 0.15) is 10.7 Å². The molecule has 6 nitrogen and oxygen atoms in total. The molecule has 0 bridgehead atoms. The largest absolute Gasteiger partial charge is 0.291 e. The molecule has 0 aliphatic carbocycles. The maximum atomic E-state index is 12.6. The van der Waals surface area contributed by atoms with Crippen LogP contribution in [0.1, 0.15) is 17.1 Å². The van der Waals surface area contributed by atoms with E-state index in [1.54, 1.807) is 24.7 Å². The lowest BCUT2D eigenvalue weighted by Gasteiger charge is -1.94. The molecule has 0 amide bonds. The van der Waals surface area contributed by atoms with Crippen molar-refractivity contribution in [3.05, 3.63) is 47.5 Å². The number of alkyl halides is 2. The van der Waals surface area contributed by atoms with E-state index in [9.17, 15) is 8.78 Å². The third-order valence-electron chi connectivity index (χ3n) is 3.34. The molecule has 0 aliphatic heterocycles. The Morgan fingerprint density at radius 2 is 2.04 bits per heavy atom. The van der Waals surface area contributed by atoms with Gasteiger partial charge in [-0.05, 0) is 25.1 Å². The van der Waals surface area contributed by atoms with Crippen LogP contribution in [-0.4, -0.2) is 29.9 Å². The van der Waals surface area contributed by atoms with Gasteiger partial charge in [0, 0.05) is 24.2 Å². The van der Waals surface area contributed by atoms with Crippen molar-refractivity contribution in [2.24, 2.45) is 0 Å². The van der Waals surface area contributed by atoms with Crippen LogP contribution in [0.2, 0.25) is 0 Å². The predicted molar refractivity (Wildman–Crippen MR) is 91.1 cm³/mol. The normalized spacial score (nSPS) is 11.4. The maximum Gasteiger partial charge on any atom is 0.291 e. The summed E-state index contributed by atoms with van der Waals surface area (Å²) in [5.41, 5.74) is 2.49. The molecule has 0 saturated heterocycles. The van der Waals surface area contributed by atoms with Crippen molar-refractivity contribution in [3.8, 4) is 26.3 Å². The summed E-state index contributed by atoms with van der Waals surface area (Å²) in [6, 6.07) is 5.61. The molecule has 4 aromatic rings. The lowest BCUT2D eigenvalue weighted by Crippen LogP contribution is -1.93. The topological polar surface area (TPSA) is 69.4 Å². The van der Waals surface area contributed by atoms with Crippen LogP contribution in [0.4, 0.5) is 8.78 Å². The van der Waals surface area contributed by atoms with Crippen LogP contribution in [0, 0.1) is 6.92 Å². The fraction of sp³-hybridized carbons (Fsp3) is 0.133. The Morgan fingerprint density at radius 3 is 2.76 bits per heavy atom. The van der Waals surface area contributed by atoms with Gasteiger partial charge in [0.25, 0.3) is 6.43 Å². The molecule has 4 aromatic heterocycles. The second kappa shape index (κ2) is 6.37. The van der Waals surface area contributed by atoms with E-state index in [1.807, 2.05) is 19.1 Å². The highest BCUT2D eigenvalue weighted by Gasteiger charge is 2.17. The fourth-order valence-corrected chi connectivity index (χ4v) is 3.86. The standard InChI is InChI=1S/C15H10F2N6S2/c1-8-11(24-13(19-8)9-3-2-5-18-7-9)10-4-6-23(22-10)15-21-20-14(25-15)12(16)17/h2-7,12H,1H3. The zero-order valence-electron chi connectivity index (χ0n) is 12.8. The first-order valence-electron chi connectivity index (χ1n) is 7.17. The van der Waals surface area contributed by atoms with Gasteiger partial charge < -0.3 is 0 Å². The van der Waals surface area contributed by atoms with Crippen molar-refractivity contribution in [1.29, 1.82) is 0 Å². The lowest BCUT2D eigenvalue weighted by atomic mass is 10.3. The van der Waals surface area contributed by atoms with Gasteiger partial charge in [0.2, 0.25) is 5.13 Å². The molecule has 0 saturated carbocycles. The van der Waals surface area contributed by atoms with Crippen LogP contribution < -0.4 is 0 Å². The molecule has 126 valence electrons. The number of halogens is 2. The third-order valence-corrected chi connectivity index (χ3v) is 5.49. The number of hydrogen-bond acceptors (Lipinski definition) is 7. The first kappa shape index (κ1) is 15.9. The first-order valence-corrected chi connectivity index (χ1v) is 8.81. The highest BCUT2D eigenvalue weighted by atomic mass is 32.1. The predicted octanol–water partition coefficient (Wildman–Crippen LogP) is 4.16. The molecule has 4 heterocycles. The van der Waals surface area contributed by atoms with Crippen molar-refractivity contribution in [2.45, 2.75) is 13.3 Å². The van der Waals surface area contributed by atoms with Gasteiger partial charge in [-0.25, -0.2) is 18.4 Å². The van der Waals surface area contributed by atoms with Crippen LogP contribution in [0.5, 0.6) is 0 Å². The zero-order valence-corrected chi connectivity index (χ0v) is 14.4. The van der Waals surface area contributed by atoms with E-state index in [0.717, 1.165) is 32.5 Å². The van der Waals surface area contributed by atoms with Crippen molar-refractivity contribution in [1.82, 2.24) is 29.9 Å². The lowest BCUT2D eigenvalue weighted by molar-refractivity contribution is 0.150. The monoisotopic (exact) mass is 376 g/mol. The quantitative estimate of drug-likeness (QED) is 0.535. The van der Waals surface area contributed by atoms with Gasteiger partial charge >= 0.3 is 0 Å². The molecular formula is C15H10F2N6S2. The molecule has 0 spiro atoms. The summed E-state index contributed by atoms with van der Waals surface area (Å²) in [4.78, 5) is 9.59. The maximum absolute atomic E-state index is 12.6. The Labute approximate surface area is 148 Å². The van der Waals surface area contributed by atoms with Crippen LogP contribution >= 0.6 is 22.7 Å². The molecule has 10 heteroatoms. The van der Waals surface area contributed by atoms with Gasteiger partial charge in [-0.1, -0.05) is 11.3 Å². The Hall–Kier alpha value is -2.59. The summed E-state index contributed by atoms with van der Waals surface area (Å²) in [5.74, 6) is 0. The van der Waals surface area contributed by atoms with Gasteiger partial charge in [-0.2, -0.15) is 5.10 Å². The molecule has 0 aromatic carbocycles. The second-order valence-electron chi connectivity index (χ2n) is 5.04. The Morgan fingerprint density at radius 1 is 1.16 bits per heavy atom. The number of aromatic nitrogens is 6. The highest BCUT2D eigenvalue weighted by molar-refractivity contribution is 7.18. The Balaban J connectivity index is 1.67. The minimum atomic E-state index is -2.63. The van der Waals surface area contributed by atoms with Crippen LogP contribution in [0.3, 0.4) is 0 Å². The van der Waals surface area contributed by atoms with E-state index in [-0.39, 0.29) is 5.01 Å². The van der Waals surface area contributed by atoms with Gasteiger partial charge in [0.15, 0.2) is 5.01 Å². The van der Waals surface area contributed by atoms with E-state index >= 15 is 0 Å². The molecule has 0 unspecified atom stereocenters. The summed E-state index contributed by atoms with van der Waals surface area (Å²) < 4.78 is 26.7. The average Bonchev–Trinajstić information content (AvgIpc) is 3.34. The van der Waals surface area contributed by atoms with E-state index in [4.69, 9.17) is 0 Å². The number of rotatable bonds is 4. The van der Waals surface area contributed by atoms with Gasteiger partial charge in [-0.15, -0.1) is 21.5 Å². The number of nitrogens with zero attached hydrogens (tertiary/aromatic N) is 6. The molecule has 0 aliphatic rings. The second-order valence-corrected chi connectivity index (χ2v) is 7.03. The average molecular weight is 376 g/mol. The number of pyridine rings is 1. The SMILES string of the molecule is Cc1nc(-c2cccnc2)sc1-c1ccn(-c2nnc(C(F)F)s2)n1. The third kappa shape index (κ3) is 3.05. The summed E-state index contributed by atoms with van der Waals surface area (Å²) in [5, 5.41) is 12.5. The molecule has 0 fully saturated rings. The minimum Gasteiger partial charge on any atom is -0.264 e. The van der Waals surface area contributed by atoms with Crippen molar-refractivity contribution in [3.63, 3.8) is 0 Å². The number of hydrogen-bond donors (Lipinski definition) is 0. The first-order chi connectivity index (χ1) is 12.1. The molecule has 0 radical (unpaired) electrons. The molecule has 4 rings (SSSR count). The summed E-state index contributed by atoms with van der Waals surface area (Å²) in [7, 11) is 0. The van der Waals surface area contributed by atoms with Crippen molar-refractivity contribution >= 4 is 22.7 Å². The van der Waals surface area contributed by atoms with E-state index in [0.29, 0.717) is 10.8 Å². The highest BCUT2D eigenvalue weighted by Crippen LogP contribution is 2.34. The van der Waals surface area contributed by atoms with Crippen LogP contribution in [0.15, 0.2) is 36.8 Å². The Bertz CT molecular complexity index is 1010. The van der Waals surface area contributed by atoms with Crippen LogP contribution in [-0.2, 0) is 0 Å². The number of thiazole rings is 1. The summed E-state index contributed by atoms with van der Waals surface area (Å²) >= 11 is 2.32. The summed E-state index contributed by atoms with van der Waals surface area (Å²) in [6.07, 6.45) is 2.51. The summed E-state index contributed by atoms with van der Waals surface area (Å²) in [6.45, 7) is 1.91. The van der Waals surface area contributed by atoms with Crippen molar-refractivity contribution < 1.29 is 8.78 Å². The molecule has 0 atom stereocenters. The molecular weight excluding hydrogens is 366 g/mol. The fourth-order valence-electron chi connectivity index (χ4n) is 2.21. The molecule has 25 heavy (non-hydrogen) atoms. The smallest absolute Gasteiger partial charge is 0.264 e. The molecule has 0 N–H and O–H groups in total. The number of aryl methyl sites for hydroxylation is 1. The zero-order chi connectivity index (χ0) is 17.4. The van der Waals surface area contributed by atoms with Gasteiger partial charge in [0.05, 0.1) is 10.6 Å². The van der Waals surface area contributed by atoms with E-state index in [1.165, 1.54) is 16.0 Å². The van der Waals surface area contributed by atoms with Crippen molar-refractivity contribution in [2.75, 3.05) is 0 Å². The van der Waals surface area contributed by atoms with Crippen LogP contribution in [0.25, 0.3) is 26.3 Å². The van der Waals surface area contributed by atoms with Gasteiger partial charge in [-0.3, -0.25) is 4.98 Å². The minimum absolute atomic E-state index is 0.302. The van der Waals surface area contributed by atoms with E-state index < -0.39 is 6.43 Å². The van der Waals surface area contributed by atoms with E-state index in [2.05, 4.69) is 25.3 Å². The Kier molecular flexibility index (Phi) is 4.06.